The van der Waals surface area contributed by atoms with Gasteiger partial charge in [-0.1, -0.05) is 76.6 Å². The second-order valence-corrected chi connectivity index (χ2v) is 10.8. The lowest BCUT2D eigenvalue weighted by molar-refractivity contribution is -0.130. The predicted octanol–water partition coefficient (Wildman–Crippen LogP) is 5.67. The predicted molar refractivity (Wildman–Crippen MR) is 162 cm³/mol. The molecule has 0 spiro atoms. The van der Waals surface area contributed by atoms with Crippen LogP contribution in [-0.4, -0.2) is 35.7 Å². The van der Waals surface area contributed by atoms with Crippen LogP contribution in [0.2, 0.25) is 0 Å². The first-order valence-electron chi connectivity index (χ1n) is 13.7. The number of halogens is 2. The van der Waals surface area contributed by atoms with Crippen molar-refractivity contribution in [3.05, 3.63) is 136 Å². The van der Waals surface area contributed by atoms with Gasteiger partial charge >= 0.3 is 0 Å². The first-order chi connectivity index (χ1) is 20.5. The Balaban J connectivity index is 1.50. The van der Waals surface area contributed by atoms with Gasteiger partial charge in [-0.05, 0) is 53.6 Å². The van der Waals surface area contributed by atoms with E-state index >= 15 is 0 Å². The second kappa shape index (κ2) is 13.7. The van der Waals surface area contributed by atoms with Crippen molar-refractivity contribution in [1.29, 1.82) is 0 Å². The number of carbonyl (C=O) groups is 1. The highest BCUT2D eigenvalue weighted by molar-refractivity contribution is 9.10. The van der Waals surface area contributed by atoms with Crippen LogP contribution in [0.15, 0.2) is 113 Å². The fraction of sp³-hybridized carbons (Fsp3) is 0.212. The Morgan fingerprint density at radius 2 is 1.69 bits per heavy atom. The third-order valence-electron chi connectivity index (χ3n) is 6.96. The number of nitrogens with zero attached hydrogens (tertiary/aromatic N) is 1. The van der Waals surface area contributed by atoms with E-state index in [-0.39, 0.29) is 25.4 Å². The quantitative estimate of drug-likeness (QED) is 0.138. The summed E-state index contributed by atoms with van der Waals surface area (Å²) in [4.78, 5) is 19.2. The van der Waals surface area contributed by atoms with Gasteiger partial charge in [0.05, 0.1) is 6.61 Å². The molecule has 9 heteroatoms. The lowest BCUT2D eigenvalue weighted by Crippen LogP contribution is -2.53. The molecule has 42 heavy (non-hydrogen) atoms. The molecular formula is C33H31BrFN3O4. The minimum atomic E-state index is -1.39. The maximum atomic E-state index is 14.2. The average Bonchev–Trinajstić information content (AvgIpc) is 3.40. The summed E-state index contributed by atoms with van der Waals surface area (Å²) in [6, 6.07) is 30.9. The minimum Gasteiger partial charge on any atom is -0.494 e. The number of ether oxygens (including phenoxy) is 2. The van der Waals surface area contributed by atoms with Crippen molar-refractivity contribution in [2.75, 3.05) is 13.2 Å². The van der Waals surface area contributed by atoms with Gasteiger partial charge in [-0.2, -0.15) is 0 Å². The summed E-state index contributed by atoms with van der Waals surface area (Å²) in [6.45, 7) is 0.554. The van der Waals surface area contributed by atoms with Crippen LogP contribution in [0.4, 0.5) is 4.39 Å². The normalized spacial score (nSPS) is 17.8. The Bertz CT molecular complexity index is 1520. The number of hydrogen-bond donors (Lipinski definition) is 3. The summed E-state index contributed by atoms with van der Waals surface area (Å²) < 4.78 is 27.3. The van der Waals surface area contributed by atoms with Crippen molar-refractivity contribution in [2.45, 2.75) is 31.0 Å². The van der Waals surface area contributed by atoms with Crippen LogP contribution in [0, 0.1) is 5.82 Å². The Labute approximate surface area is 252 Å². The maximum absolute atomic E-state index is 14.2. The van der Waals surface area contributed by atoms with E-state index in [9.17, 15) is 9.18 Å². The summed E-state index contributed by atoms with van der Waals surface area (Å²) in [7, 11) is 0. The number of nitrogens with one attached hydrogen (secondary N) is 2. The van der Waals surface area contributed by atoms with Gasteiger partial charge in [-0.15, -0.1) is 0 Å². The van der Waals surface area contributed by atoms with Crippen molar-refractivity contribution < 1.29 is 23.8 Å². The summed E-state index contributed by atoms with van der Waals surface area (Å²) in [5, 5.41) is 9.02. The number of amides is 1. The van der Waals surface area contributed by atoms with E-state index < -0.39 is 17.6 Å². The van der Waals surface area contributed by atoms with E-state index in [1.807, 2.05) is 66.7 Å². The maximum Gasteiger partial charge on any atom is 0.266 e. The van der Waals surface area contributed by atoms with Gasteiger partial charge in [-0.3, -0.25) is 10.2 Å². The molecule has 5 rings (SSSR count). The summed E-state index contributed by atoms with van der Waals surface area (Å²) >= 11 is 3.49. The molecule has 2 atom stereocenters. The number of aliphatic hydroxyl groups excluding tert-OH is 1. The van der Waals surface area contributed by atoms with Crippen molar-refractivity contribution >= 4 is 27.7 Å². The molecular weight excluding hydrogens is 601 g/mol. The van der Waals surface area contributed by atoms with Gasteiger partial charge in [0.1, 0.15) is 11.6 Å². The van der Waals surface area contributed by atoms with Crippen LogP contribution in [-0.2, 0) is 22.5 Å². The molecule has 4 aromatic carbocycles. The lowest BCUT2D eigenvalue weighted by atomic mass is 9.82. The number of aliphatic imine (C=N–C) groups is 1. The molecule has 0 saturated carbocycles. The van der Waals surface area contributed by atoms with Crippen molar-refractivity contribution in [3.63, 3.8) is 0 Å². The van der Waals surface area contributed by atoms with Crippen LogP contribution in [0.5, 0.6) is 5.75 Å². The van der Waals surface area contributed by atoms with Crippen LogP contribution in [0.1, 0.15) is 34.8 Å². The highest BCUT2D eigenvalue weighted by Gasteiger charge is 2.53. The summed E-state index contributed by atoms with van der Waals surface area (Å²) in [5.41, 5.74) is 7.09. The van der Waals surface area contributed by atoms with Crippen LogP contribution in [0.3, 0.4) is 0 Å². The van der Waals surface area contributed by atoms with E-state index in [2.05, 4.69) is 26.8 Å². The van der Waals surface area contributed by atoms with Crippen LogP contribution >= 0.6 is 15.9 Å². The zero-order chi connectivity index (χ0) is 29.4. The van der Waals surface area contributed by atoms with Crippen molar-refractivity contribution in [2.24, 2.45) is 4.99 Å². The molecule has 1 aliphatic rings. The third-order valence-corrected chi connectivity index (χ3v) is 7.49. The largest absolute Gasteiger partial charge is 0.494 e. The standard InChI is InChI=1S/C33H31BrFN3O4/c34-27-15-11-24(12-16-27)30-33(21-23-7-2-1-3-8-23,32(40)38-36-22-26-9-4-5-10-29(26)35)37-31(42-30)25-13-17-28(18-14-25)41-20-6-19-39/h1-5,7-18,30,36,39H,6,19-22H2,(H,38,40)/t30-,33-/m0/s1. The highest BCUT2D eigenvalue weighted by Crippen LogP contribution is 2.42. The highest BCUT2D eigenvalue weighted by atomic mass is 79.9. The first kappa shape index (κ1) is 29.4. The van der Waals surface area contributed by atoms with Gasteiger partial charge in [-0.25, -0.2) is 14.8 Å². The molecule has 0 radical (unpaired) electrons. The SMILES string of the molecule is O=C(NNCc1ccccc1F)[C@@]1(Cc2ccccc2)N=C(c2ccc(OCCCO)cc2)O[C@H]1c1ccc(Br)cc1. The zero-order valence-corrected chi connectivity index (χ0v) is 24.4. The number of rotatable bonds is 12. The molecule has 3 N–H and O–H groups in total. The summed E-state index contributed by atoms with van der Waals surface area (Å²) in [6.07, 6.45) is 0.0406. The Morgan fingerprint density at radius 1 is 0.976 bits per heavy atom. The number of benzene rings is 4. The molecule has 1 heterocycles. The Kier molecular flexibility index (Phi) is 9.63. The minimum absolute atomic E-state index is 0.0564. The molecule has 0 saturated heterocycles. The second-order valence-electron chi connectivity index (χ2n) is 9.90. The smallest absolute Gasteiger partial charge is 0.266 e. The molecule has 0 bridgehead atoms. The number of hydrazine groups is 1. The zero-order valence-electron chi connectivity index (χ0n) is 22.8. The fourth-order valence-corrected chi connectivity index (χ4v) is 5.06. The van der Waals surface area contributed by atoms with E-state index in [1.165, 1.54) is 6.07 Å². The molecule has 216 valence electrons. The number of carbonyl (C=O) groups excluding carboxylic acids is 1. The monoisotopic (exact) mass is 631 g/mol. The van der Waals surface area contributed by atoms with Gasteiger partial charge in [0, 0.05) is 41.6 Å². The summed E-state index contributed by atoms with van der Waals surface area (Å²) in [5.74, 6) is 0.208. The number of hydrogen-bond acceptors (Lipinski definition) is 6. The fourth-order valence-electron chi connectivity index (χ4n) is 4.80. The third kappa shape index (κ3) is 6.87. The molecule has 1 amide bonds. The van der Waals surface area contributed by atoms with E-state index in [0.717, 1.165) is 15.6 Å². The van der Waals surface area contributed by atoms with Gasteiger partial charge in [0.2, 0.25) is 5.90 Å². The number of aliphatic hydroxyl groups is 1. The molecule has 7 nitrogen and oxygen atoms in total. The van der Waals surface area contributed by atoms with Crippen LogP contribution in [0.25, 0.3) is 0 Å². The van der Waals surface area contributed by atoms with E-state index in [0.29, 0.717) is 35.8 Å². The lowest BCUT2D eigenvalue weighted by Gasteiger charge is -2.31. The molecule has 0 aliphatic carbocycles. The topological polar surface area (TPSA) is 92.2 Å². The Morgan fingerprint density at radius 3 is 2.40 bits per heavy atom. The molecule has 0 fully saturated rings. The molecule has 0 unspecified atom stereocenters. The van der Waals surface area contributed by atoms with Crippen LogP contribution < -0.4 is 15.6 Å². The van der Waals surface area contributed by atoms with Gasteiger partial charge < -0.3 is 14.6 Å². The molecule has 4 aromatic rings. The molecule has 1 aliphatic heterocycles. The van der Waals surface area contributed by atoms with Crippen molar-refractivity contribution in [1.82, 2.24) is 10.9 Å². The van der Waals surface area contributed by atoms with Gasteiger partial charge in [0.25, 0.3) is 5.91 Å². The van der Waals surface area contributed by atoms with E-state index in [4.69, 9.17) is 19.6 Å². The Hall–Kier alpha value is -4.05. The molecule has 0 aromatic heterocycles. The first-order valence-corrected chi connectivity index (χ1v) is 14.4. The van der Waals surface area contributed by atoms with E-state index in [1.54, 1.807) is 30.3 Å². The van der Waals surface area contributed by atoms with Crippen molar-refractivity contribution in [3.8, 4) is 5.75 Å². The van der Waals surface area contributed by atoms with Gasteiger partial charge in [0.15, 0.2) is 11.6 Å². The average molecular weight is 633 g/mol.